The molecular formula is C32H51N3O5. The van der Waals surface area contributed by atoms with E-state index in [1.165, 1.54) is 50.7 Å². The number of hydrogen-bond acceptors (Lipinski definition) is 5. The van der Waals surface area contributed by atoms with Crippen LogP contribution in [0.5, 0.6) is 5.75 Å². The zero-order valence-corrected chi connectivity index (χ0v) is 25.3. The van der Waals surface area contributed by atoms with E-state index >= 15 is 0 Å². The van der Waals surface area contributed by atoms with Crippen LogP contribution in [0.3, 0.4) is 0 Å². The first-order valence-electron chi connectivity index (χ1n) is 15.0. The topological polar surface area (TPSA) is 114 Å². The van der Waals surface area contributed by atoms with Gasteiger partial charge in [0.05, 0.1) is 17.8 Å². The minimum Gasteiger partial charge on any atom is -0.872 e. The molecule has 3 N–H and O–H groups in total. The Morgan fingerprint density at radius 1 is 1.02 bits per heavy atom. The summed E-state index contributed by atoms with van der Waals surface area (Å²) < 4.78 is 17.1. The Labute approximate surface area is 240 Å². The summed E-state index contributed by atoms with van der Waals surface area (Å²) in [5.41, 5.74) is 5.26. The van der Waals surface area contributed by atoms with Crippen LogP contribution in [-0.2, 0) is 22.9 Å². The Morgan fingerprint density at radius 3 is 2.12 bits per heavy atom. The molecule has 4 rings (SSSR count). The number of nitrogens with two attached hydrogens (primary N) is 1. The number of nitrogen functional groups attached to an aromatic ring is 1. The van der Waals surface area contributed by atoms with Gasteiger partial charge < -0.3 is 25.4 Å². The van der Waals surface area contributed by atoms with Crippen molar-refractivity contribution >= 4 is 11.7 Å². The third-order valence-corrected chi connectivity index (χ3v) is 8.78. The van der Waals surface area contributed by atoms with Crippen molar-refractivity contribution in [1.29, 1.82) is 0 Å². The largest absolute Gasteiger partial charge is 0.872 e. The molecule has 40 heavy (non-hydrogen) atoms. The molecule has 6 atom stereocenters. The van der Waals surface area contributed by atoms with Gasteiger partial charge in [-0.25, -0.2) is 13.9 Å². The van der Waals surface area contributed by atoms with Crippen LogP contribution < -0.4 is 15.4 Å². The predicted molar refractivity (Wildman–Crippen MR) is 154 cm³/mol. The lowest BCUT2D eigenvalue weighted by Gasteiger charge is -2.36. The molecule has 0 aliphatic heterocycles. The molecule has 2 aliphatic carbocycles. The van der Waals surface area contributed by atoms with Crippen molar-refractivity contribution in [2.45, 2.75) is 106 Å². The summed E-state index contributed by atoms with van der Waals surface area (Å²) in [4.78, 5) is 10.3. The van der Waals surface area contributed by atoms with Crippen molar-refractivity contribution in [1.82, 2.24) is 4.57 Å². The highest BCUT2D eigenvalue weighted by Crippen LogP contribution is 2.36. The Balaban J connectivity index is 0.000000336. The van der Waals surface area contributed by atoms with Gasteiger partial charge in [0.25, 0.3) is 0 Å². The summed E-state index contributed by atoms with van der Waals surface area (Å²) >= 11 is 0. The van der Waals surface area contributed by atoms with Gasteiger partial charge in [-0.15, -0.1) is 0 Å². The van der Waals surface area contributed by atoms with Crippen LogP contribution in [0.1, 0.15) is 90.4 Å². The number of benzene rings is 1. The lowest BCUT2D eigenvalue weighted by atomic mass is 9.75. The number of rotatable bonds is 9. The van der Waals surface area contributed by atoms with E-state index in [0.29, 0.717) is 49.3 Å². The minimum atomic E-state index is -1.23. The molecule has 0 bridgehead atoms. The molecule has 8 heteroatoms. The van der Waals surface area contributed by atoms with Crippen molar-refractivity contribution < 1.29 is 29.0 Å². The fourth-order valence-electron chi connectivity index (χ4n) is 6.28. The molecule has 0 spiro atoms. The highest BCUT2D eigenvalue weighted by Gasteiger charge is 2.33. The van der Waals surface area contributed by atoms with E-state index in [-0.39, 0.29) is 11.3 Å². The summed E-state index contributed by atoms with van der Waals surface area (Å²) in [5.74, 6) is 2.56. The molecule has 8 nitrogen and oxygen atoms in total. The summed E-state index contributed by atoms with van der Waals surface area (Å²) in [6.07, 6.45) is 14.8. The van der Waals surface area contributed by atoms with Gasteiger partial charge in [0.2, 0.25) is 6.33 Å². The molecule has 0 amide bonds. The Hall–Kier alpha value is -2.58. The molecule has 2 saturated carbocycles. The zero-order chi connectivity index (χ0) is 29.4. The van der Waals surface area contributed by atoms with E-state index in [4.69, 9.17) is 20.3 Å². The molecule has 1 heterocycles. The Morgan fingerprint density at radius 2 is 1.60 bits per heavy atom. The highest BCUT2D eigenvalue weighted by atomic mass is 16.5. The van der Waals surface area contributed by atoms with Gasteiger partial charge in [0.1, 0.15) is 12.4 Å². The second-order valence-corrected chi connectivity index (χ2v) is 12.8. The van der Waals surface area contributed by atoms with Crippen LogP contribution in [0.4, 0.5) is 5.69 Å². The fourth-order valence-corrected chi connectivity index (χ4v) is 6.28. The van der Waals surface area contributed by atoms with Gasteiger partial charge in [0.15, 0.2) is 13.5 Å². The molecule has 2 aliphatic rings. The van der Waals surface area contributed by atoms with E-state index in [1.54, 1.807) is 0 Å². The number of carbonyl (C=O) groups is 1. The molecule has 1 aromatic carbocycles. The number of ether oxygens (including phenoxy) is 2. The summed E-state index contributed by atoms with van der Waals surface area (Å²) in [6.45, 7) is 15.4. The lowest BCUT2D eigenvalue weighted by Crippen LogP contribution is -2.40. The first-order valence-corrected chi connectivity index (χ1v) is 15.0. The molecule has 0 radical (unpaired) electrons. The van der Waals surface area contributed by atoms with Crippen LogP contribution in [0, 0.1) is 35.5 Å². The Kier molecular flexibility index (Phi) is 11.9. The number of nitrogens with zero attached hydrogens (tertiary/aromatic N) is 2. The molecular weight excluding hydrogens is 506 g/mol. The van der Waals surface area contributed by atoms with Gasteiger partial charge in [0, 0.05) is 5.69 Å². The van der Waals surface area contributed by atoms with E-state index in [9.17, 15) is 9.90 Å². The predicted octanol–water partition coefficient (Wildman–Crippen LogP) is 5.69. The van der Waals surface area contributed by atoms with Gasteiger partial charge in [-0.1, -0.05) is 60.1 Å². The average Bonchev–Trinajstić information content (AvgIpc) is 3.34. The maximum absolute atomic E-state index is 10.8. The maximum atomic E-state index is 10.8. The second-order valence-electron chi connectivity index (χ2n) is 12.8. The normalized spacial score (nSPS) is 26.9. The highest BCUT2D eigenvalue weighted by molar-refractivity contribution is 5.91. The SMILES string of the molecule is CC(C)[C@@H]1CC[C@@H](C)C[C@H]1OCn1cc[n+](CO[C@@H]2C[C@H](C)CC[C@H]2C(C)C)c1.Nc1ccc(C(=O)O)c([O-])c1. The first kappa shape index (κ1) is 31.9. The third-order valence-electron chi connectivity index (χ3n) is 8.78. The van der Waals surface area contributed by atoms with Crippen LogP contribution in [0.2, 0.25) is 0 Å². The standard InChI is InChI=1S/C25H45N2O2.C7H7NO3/c1-18(2)22-9-7-20(5)13-24(22)28-16-26-11-12-27(15-26)17-29-25-14-21(6)8-10-23(25)19(3)4;8-4-1-2-5(7(10)11)6(9)3-4/h11-12,15,18-25H,7-10,13-14,16-17H2,1-6H3;1-3,9H,8H2,(H,10,11)/q+1;/p-1/t20-,21-,22+,23+,24-,25-;/m1./s1. The van der Waals surface area contributed by atoms with E-state index < -0.39 is 11.7 Å². The second kappa shape index (κ2) is 14.9. The zero-order valence-electron chi connectivity index (χ0n) is 25.3. The molecule has 1 aromatic heterocycles. The van der Waals surface area contributed by atoms with Gasteiger partial charge >= 0.3 is 5.97 Å². The average molecular weight is 558 g/mol. The Bertz CT molecular complexity index is 1020. The first-order chi connectivity index (χ1) is 18.9. The minimum absolute atomic E-state index is 0.251. The van der Waals surface area contributed by atoms with Gasteiger partial charge in [-0.05, 0) is 79.4 Å². The monoisotopic (exact) mass is 557 g/mol. The molecule has 2 fully saturated rings. The van der Waals surface area contributed by atoms with E-state index in [2.05, 4.69) is 69.4 Å². The summed E-state index contributed by atoms with van der Waals surface area (Å²) in [7, 11) is 0. The van der Waals surface area contributed by atoms with Crippen LogP contribution in [0.25, 0.3) is 0 Å². The summed E-state index contributed by atoms with van der Waals surface area (Å²) in [6, 6.07) is 3.66. The van der Waals surface area contributed by atoms with Gasteiger partial charge in [-0.3, -0.25) is 0 Å². The smallest absolute Gasteiger partial charge is 0.335 e. The van der Waals surface area contributed by atoms with E-state index in [1.807, 2.05) is 0 Å². The quantitative estimate of drug-likeness (QED) is 0.303. The van der Waals surface area contributed by atoms with Crippen molar-refractivity contribution in [3.63, 3.8) is 0 Å². The van der Waals surface area contributed by atoms with Crippen molar-refractivity contribution in [3.8, 4) is 5.75 Å². The molecule has 0 saturated heterocycles. The van der Waals surface area contributed by atoms with E-state index in [0.717, 1.165) is 17.9 Å². The van der Waals surface area contributed by atoms with Crippen LogP contribution in [-0.4, -0.2) is 27.9 Å². The van der Waals surface area contributed by atoms with Crippen LogP contribution in [0.15, 0.2) is 36.9 Å². The van der Waals surface area contributed by atoms with Crippen LogP contribution >= 0.6 is 0 Å². The summed E-state index contributed by atoms with van der Waals surface area (Å²) in [5, 5.41) is 19.2. The van der Waals surface area contributed by atoms with Gasteiger partial charge in [-0.2, -0.15) is 0 Å². The fraction of sp³-hybridized carbons (Fsp3) is 0.688. The number of anilines is 1. The lowest BCUT2D eigenvalue weighted by molar-refractivity contribution is -0.735. The molecule has 2 aromatic rings. The number of imidazole rings is 1. The molecule has 0 unspecified atom stereocenters. The number of aromatic nitrogens is 2. The third kappa shape index (κ3) is 9.23. The molecule has 224 valence electrons. The van der Waals surface area contributed by atoms with Crippen molar-refractivity contribution in [2.24, 2.45) is 35.5 Å². The number of hydrogen-bond donors (Lipinski definition) is 2. The van der Waals surface area contributed by atoms with Crippen molar-refractivity contribution in [2.75, 3.05) is 5.73 Å². The number of carboxylic acid groups (broad SMARTS) is 1. The number of aromatic carboxylic acids is 1. The number of carboxylic acids is 1. The maximum Gasteiger partial charge on any atom is 0.335 e. The van der Waals surface area contributed by atoms with Crippen molar-refractivity contribution in [3.05, 3.63) is 42.5 Å².